The van der Waals surface area contributed by atoms with E-state index in [0.29, 0.717) is 23.1 Å². The van der Waals surface area contributed by atoms with Crippen LogP contribution in [0.3, 0.4) is 0 Å². The summed E-state index contributed by atoms with van der Waals surface area (Å²) in [4.78, 5) is 0. The van der Waals surface area contributed by atoms with Crippen molar-refractivity contribution < 1.29 is 9.47 Å². The molecule has 0 bridgehead atoms. The van der Waals surface area contributed by atoms with Gasteiger partial charge in [0.2, 0.25) is 0 Å². The van der Waals surface area contributed by atoms with Crippen LogP contribution in [0.4, 0.5) is 0 Å². The van der Waals surface area contributed by atoms with Crippen molar-refractivity contribution in [2.75, 3.05) is 13.7 Å². The summed E-state index contributed by atoms with van der Waals surface area (Å²) in [6, 6.07) is 14.1. The fourth-order valence-electron chi connectivity index (χ4n) is 2.13. The van der Waals surface area contributed by atoms with E-state index in [-0.39, 0.29) is 0 Å². The van der Waals surface area contributed by atoms with Gasteiger partial charge in [-0.1, -0.05) is 41.9 Å². The highest BCUT2D eigenvalue weighted by molar-refractivity contribution is 6.32. The van der Waals surface area contributed by atoms with E-state index < -0.39 is 0 Å². The van der Waals surface area contributed by atoms with Crippen LogP contribution in [-0.4, -0.2) is 13.7 Å². The van der Waals surface area contributed by atoms with E-state index in [4.69, 9.17) is 21.1 Å². The normalized spacial score (nSPS) is 10.4. The fraction of sp³-hybridized carbons (Fsp3) is 0.294. The second-order valence-corrected chi connectivity index (χ2v) is 5.04. The Labute approximate surface area is 130 Å². The Kier molecular flexibility index (Phi) is 5.90. The second kappa shape index (κ2) is 7.91. The van der Waals surface area contributed by atoms with E-state index in [9.17, 15) is 0 Å². The first-order valence-corrected chi connectivity index (χ1v) is 7.36. The predicted octanol–water partition coefficient (Wildman–Crippen LogP) is 4.04. The summed E-state index contributed by atoms with van der Waals surface area (Å²) in [6.07, 6.45) is 0. The molecule has 2 aromatic carbocycles. The molecule has 0 aliphatic carbocycles. The Hall–Kier alpha value is -1.71. The summed E-state index contributed by atoms with van der Waals surface area (Å²) >= 11 is 6.23. The molecule has 0 radical (unpaired) electrons. The minimum absolute atomic E-state index is 0.569. The molecule has 0 aliphatic rings. The van der Waals surface area contributed by atoms with Gasteiger partial charge < -0.3 is 14.8 Å². The standard InChI is InChI=1S/C17H20ClNO2/c1-3-21-16-10-14(9-15(18)17(16)20-2)12-19-11-13-7-5-4-6-8-13/h4-10,19H,3,11-12H2,1-2H3. The quantitative estimate of drug-likeness (QED) is 0.837. The van der Waals surface area contributed by atoms with Crippen molar-refractivity contribution in [1.82, 2.24) is 5.32 Å². The van der Waals surface area contributed by atoms with Crippen molar-refractivity contribution in [3.8, 4) is 11.5 Å². The summed E-state index contributed by atoms with van der Waals surface area (Å²) in [5, 5.41) is 3.97. The zero-order valence-corrected chi connectivity index (χ0v) is 13.1. The van der Waals surface area contributed by atoms with Gasteiger partial charge in [-0.3, -0.25) is 0 Å². The summed E-state index contributed by atoms with van der Waals surface area (Å²) in [7, 11) is 1.59. The first-order chi connectivity index (χ1) is 10.2. The number of methoxy groups -OCH3 is 1. The molecule has 3 nitrogen and oxygen atoms in total. The van der Waals surface area contributed by atoms with Crippen molar-refractivity contribution in [1.29, 1.82) is 0 Å². The molecule has 4 heteroatoms. The molecule has 0 heterocycles. The average molecular weight is 306 g/mol. The van der Waals surface area contributed by atoms with Gasteiger partial charge in [0.25, 0.3) is 0 Å². The molecular formula is C17H20ClNO2. The number of benzene rings is 2. The third kappa shape index (κ3) is 4.38. The summed E-state index contributed by atoms with van der Waals surface area (Å²) in [5.41, 5.74) is 2.32. The smallest absolute Gasteiger partial charge is 0.179 e. The van der Waals surface area contributed by atoms with Crippen LogP contribution in [0.15, 0.2) is 42.5 Å². The van der Waals surface area contributed by atoms with Crippen LogP contribution in [0, 0.1) is 0 Å². The van der Waals surface area contributed by atoms with Crippen molar-refractivity contribution in [2.24, 2.45) is 0 Å². The van der Waals surface area contributed by atoms with Crippen LogP contribution in [0.1, 0.15) is 18.1 Å². The molecule has 0 aromatic heterocycles. The molecule has 2 rings (SSSR count). The monoisotopic (exact) mass is 305 g/mol. The first kappa shape index (κ1) is 15.7. The Morgan fingerprint density at radius 2 is 1.76 bits per heavy atom. The van der Waals surface area contributed by atoms with Crippen molar-refractivity contribution in [2.45, 2.75) is 20.0 Å². The third-order valence-corrected chi connectivity index (χ3v) is 3.36. The van der Waals surface area contributed by atoms with Crippen molar-refractivity contribution >= 4 is 11.6 Å². The zero-order valence-electron chi connectivity index (χ0n) is 12.4. The Balaban J connectivity index is 2.03. The van der Waals surface area contributed by atoms with Crippen LogP contribution >= 0.6 is 11.6 Å². The van der Waals surface area contributed by atoms with Crippen LogP contribution < -0.4 is 14.8 Å². The molecule has 0 aliphatic heterocycles. The zero-order chi connectivity index (χ0) is 15.1. The van der Waals surface area contributed by atoms with Crippen LogP contribution in [-0.2, 0) is 13.1 Å². The van der Waals surface area contributed by atoms with Crippen molar-refractivity contribution in [3.05, 3.63) is 58.6 Å². The van der Waals surface area contributed by atoms with Crippen LogP contribution in [0.2, 0.25) is 5.02 Å². The number of rotatable bonds is 7. The molecule has 112 valence electrons. The molecule has 0 saturated heterocycles. The summed E-state index contributed by atoms with van der Waals surface area (Å²) < 4.78 is 10.9. The molecule has 2 aromatic rings. The maximum atomic E-state index is 6.23. The number of hydrogen-bond acceptors (Lipinski definition) is 3. The van der Waals surface area contributed by atoms with Crippen molar-refractivity contribution in [3.63, 3.8) is 0 Å². The number of nitrogens with one attached hydrogen (secondary N) is 1. The SMILES string of the molecule is CCOc1cc(CNCc2ccccc2)cc(Cl)c1OC. The van der Waals surface area contributed by atoms with Gasteiger partial charge in [-0.05, 0) is 30.2 Å². The largest absolute Gasteiger partial charge is 0.491 e. The Morgan fingerprint density at radius 3 is 2.43 bits per heavy atom. The molecule has 0 atom stereocenters. The van der Waals surface area contributed by atoms with Gasteiger partial charge in [-0.15, -0.1) is 0 Å². The third-order valence-electron chi connectivity index (χ3n) is 3.07. The van der Waals surface area contributed by atoms with Crippen LogP contribution in [0.25, 0.3) is 0 Å². The molecule has 21 heavy (non-hydrogen) atoms. The van der Waals surface area contributed by atoms with Gasteiger partial charge in [0, 0.05) is 13.1 Å². The molecular weight excluding hydrogens is 286 g/mol. The maximum absolute atomic E-state index is 6.23. The lowest BCUT2D eigenvalue weighted by Gasteiger charge is -2.13. The van der Waals surface area contributed by atoms with Gasteiger partial charge in [0.1, 0.15) is 0 Å². The maximum Gasteiger partial charge on any atom is 0.179 e. The van der Waals surface area contributed by atoms with Crippen LogP contribution in [0.5, 0.6) is 11.5 Å². The van der Waals surface area contributed by atoms with E-state index in [1.54, 1.807) is 7.11 Å². The Bertz CT molecular complexity index is 573. The van der Waals surface area contributed by atoms with Gasteiger partial charge >= 0.3 is 0 Å². The highest BCUT2D eigenvalue weighted by Gasteiger charge is 2.11. The molecule has 0 spiro atoms. The molecule has 0 fully saturated rings. The second-order valence-electron chi connectivity index (χ2n) is 4.63. The minimum Gasteiger partial charge on any atom is -0.491 e. The highest BCUT2D eigenvalue weighted by atomic mass is 35.5. The van der Waals surface area contributed by atoms with E-state index in [0.717, 1.165) is 18.7 Å². The number of halogens is 1. The fourth-order valence-corrected chi connectivity index (χ4v) is 2.44. The summed E-state index contributed by atoms with van der Waals surface area (Å²) in [6.45, 7) is 4.05. The minimum atomic E-state index is 0.569. The molecule has 0 saturated carbocycles. The lowest BCUT2D eigenvalue weighted by atomic mass is 10.2. The number of hydrogen-bond donors (Lipinski definition) is 1. The Morgan fingerprint density at radius 1 is 1.05 bits per heavy atom. The van der Waals surface area contributed by atoms with E-state index in [1.807, 2.05) is 37.3 Å². The van der Waals surface area contributed by atoms with Gasteiger partial charge in [-0.2, -0.15) is 0 Å². The lowest BCUT2D eigenvalue weighted by molar-refractivity contribution is 0.310. The van der Waals surface area contributed by atoms with E-state index in [2.05, 4.69) is 17.4 Å². The molecule has 1 N–H and O–H groups in total. The predicted molar refractivity (Wildman–Crippen MR) is 86.2 cm³/mol. The lowest BCUT2D eigenvalue weighted by Crippen LogP contribution is -2.12. The average Bonchev–Trinajstić information content (AvgIpc) is 2.48. The molecule has 0 amide bonds. The topological polar surface area (TPSA) is 30.5 Å². The summed E-state index contributed by atoms with van der Waals surface area (Å²) in [5.74, 6) is 1.27. The van der Waals surface area contributed by atoms with Gasteiger partial charge in [-0.25, -0.2) is 0 Å². The van der Waals surface area contributed by atoms with Gasteiger partial charge in [0.15, 0.2) is 11.5 Å². The molecule has 0 unspecified atom stereocenters. The van der Waals surface area contributed by atoms with E-state index in [1.165, 1.54) is 5.56 Å². The number of ether oxygens (including phenoxy) is 2. The highest BCUT2D eigenvalue weighted by Crippen LogP contribution is 2.36. The van der Waals surface area contributed by atoms with Gasteiger partial charge in [0.05, 0.1) is 18.7 Å². The van der Waals surface area contributed by atoms with E-state index >= 15 is 0 Å². The first-order valence-electron chi connectivity index (χ1n) is 6.98.